The van der Waals surface area contributed by atoms with Crippen molar-refractivity contribution < 1.29 is 9.13 Å². The molecular weight excluding hydrogens is 453 g/mol. The highest BCUT2D eigenvalue weighted by atomic mass is 35.5. The van der Waals surface area contributed by atoms with Crippen molar-refractivity contribution in [3.05, 3.63) is 116 Å². The fourth-order valence-electron chi connectivity index (χ4n) is 3.98. The highest BCUT2D eigenvalue weighted by molar-refractivity contribution is 6.31. The average Bonchev–Trinajstić information content (AvgIpc) is 2.85. The Morgan fingerprint density at radius 3 is 2.47 bits per heavy atom. The summed E-state index contributed by atoms with van der Waals surface area (Å²) in [4.78, 5) is 13.6. The molecule has 0 fully saturated rings. The molecule has 0 aliphatic carbocycles. The molecule has 34 heavy (non-hydrogen) atoms. The van der Waals surface area contributed by atoms with Crippen LogP contribution in [0.3, 0.4) is 0 Å². The Morgan fingerprint density at radius 2 is 1.76 bits per heavy atom. The molecule has 0 radical (unpaired) electrons. The Labute approximate surface area is 202 Å². The van der Waals surface area contributed by atoms with Gasteiger partial charge in [-0.25, -0.2) is 9.07 Å². The van der Waals surface area contributed by atoms with Gasteiger partial charge in [0.2, 0.25) is 0 Å². The van der Waals surface area contributed by atoms with Gasteiger partial charge in [-0.1, -0.05) is 72.3 Å². The van der Waals surface area contributed by atoms with Gasteiger partial charge in [-0.2, -0.15) is 5.10 Å². The second kappa shape index (κ2) is 10.2. The van der Waals surface area contributed by atoms with E-state index in [0.29, 0.717) is 22.7 Å². The van der Waals surface area contributed by atoms with E-state index >= 15 is 4.39 Å². The molecule has 1 atom stereocenters. The fraction of sp³-hybridized carbons (Fsp3) is 0.185. The molecule has 4 aromatic rings. The van der Waals surface area contributed by atoms with Crippen LogP contribution in [-0.2, 0) is 13.0 Å². The standard InChI is InChI=1S/C27H25ClFN3O2/c1-17-23(15-19-11-6-7-13-21(19)28)31-32(16-22(30)18-9-4-3-5-10-18)27(33)25(17)20-12-8-14-24(34-2)26(20)29/h3-14,22H,15-16,30H2,1-2H3. The number of aromatic nitrogens is 2. The first-order valence-corrected chi connectivity index (χ1v) is 11.3. The minimum Gasteiger partial charge on any atom is -0.494 e. The molecule has 4 rings (SSSR count). The van der Waals surface area contributed by atoms with E-state index in [1.165, 1.54) is 17.9 Å². The zero-order valence-corrected chi connectivity index (χ0v) is 19.7. The molecule has 174 valence electrons. The van der Waals surface area contributed by atoms with Crippen LogP contribution in [0.2, 0.25) is 5.02 Å². The van der Waals surface area contributed by atoms with Crippen LogP contribution >= 0.6 is 11.6 Å². The van der Waals surface area contributed by atoms with E-state index in [1.807, 2.05) is 48.5 Å². The maximum Gasteiger partial charge on any atom is 0.275 e. The van der Waals surface area contributed by atoms with Gasteiger partial charge < -0.3 is 10.5 Å². The monoisotopic (exact) mass is 477 g/mol. The number of methoxy groups -OCH3 is 1. The van der Waals surface area contributed by atoms with Crippen LogP contribution < -0.4 is 16.0 Å². The molecule has 3 aromatic carbocycles. The topological polar surface area (TPSA) is 70.1 Å². The van der Waals surface area contributed by atoms with E-state index in [1.54, 1.807) is 25.1 Å². The van der Waals surface area contributed by atoms with Gasteiger partial charge in [-0.15, -0.1) is 0 Å². The largest absolute Gasteiger partial charge is 0.494 e. The summed E-state index contributed by atoms with van der Waals surface area (Å²) in [5, 5.41) is 5.24. The molecule has 0 aliphatic heterocycles. The van der Waals surface area contributed by atoms with Crippen molar-refractivity contribution in [2.75, 3.05) is 7.11 Å². The lowest BCUT2D eigenvalue weighted by Crippen LogP contribution is -2.32. The first kappa shape index (κ1) is 23.7. The summed E-state index contributed by atoms with van der Waals surface area (Å²) in [7, 11) is 1.39. The maximum absolute atomic E-state index is 15.3. The van der Waals surface area contributed by atoms with E-state index < -0.39 is 17.4 Å². The number of rotatable bonds is 7. The highest BCUT2D eigenvalue weighted by Gasteiger charge is 2.22. The van der Waals surface area contributed by atoms with Crippen molar-refractivity contribution >= 4 is 11.6 Å². The minimum absolute atomic E-state index is 0.0632. The van der Waals surface area contributed by atoms with Gasteiger partial charge >= 0.3 is 0 Å². The summed E-state index contributed by atoms with van der Waals surface area (Å²) in [5.41, 5.74) is 9.31. The van der Waals surface area contributed by atoms with Crippen LogP contribution in [0.25, 0.3) is 11.1 Å². The van der Waals surface area contributed by atoms with Crippen LogP contribution in [0.1, 0.15) is 28.4 Å². The van der Waals surface area contributed by atoms with Crippen LogP contribution in [-0.4, -0.2) is 16.9 Å². The molecular formula is C27H25ClFN3O2. The lowest BCUT2D eigenvalue weighted by atomic mass is 9.97. The second-order valence-corrected chi connectivity index (χ2v) is 8.45. The summed E-state index contributed by atoms with van der Waals surface area (Å²) in [6.07, 6.45) is 0.380. The molecule has 5 nitrogen and oxygen atoms in total. The normalized spacial score (nSPS) is 11.9. The van der Waals surface area contributed by atoms with Gasteiger partial charge in [0.25, 0.3) is 5.56 Å². The van der Waals surface area contributed by atoms with Gasteiger partial charge in [-0.3, -0.25) is 4.79 Å². The number of ether oxygens (including phenoxy) is 1. The van der Waals surface area contributed by atoms with E-state index in [2.05, 4.69) is 5.10 Å². The molecule has 0 amide bonds. The number of benzene rings is 3. The summed E-state index contributed by atoms with van der Waals surface area (Å²) in [5.74, 6) is -0.535. The van der Waals surface area contributed by atoms with Crippen molar-refractivity contribution in [3.63, 3.8) is 0 Å². The Balaban J connectivity index is 1.88. The smallest absolute Gasteiger partial charge is 0.275 e. The Bertz CT molecular complexity index is 1370. The number of hydrogen-bond donors (Lipinski definition) is 1. The molecule has 0 saturated heterocycles. The minimum atomic E-state index is -0.598. The number of halogens is 2. The quantitative estimate of drug-likeness (QED) is 0.391. The fourth-order valence-corrected chi connectivity index (χ4v) is 4.19. The Hall–Kier alpha value is -3.48. The third kappa shape index (κ3) is 4.74. The second-order valence-electron chi connectivity index (χ2n) is 8.04. The predicted molar refractivity (Wildman–Crippen MR) is 133 cm³/mol. The average molecular weight is 478 g/mol. The van der Waals surface area contributed by atoms with Crippen molar-refractivity contribution in [1.29, 1.82) is 0 Å². The van der Waals surface area contributed by atoms with Gasteiger partial charge in [0.1, 0.15) is 0 Å². The zero-order chi connectivity index (χ0) is 24.2. The lowest BCUT2D eigenvalue weighted by Gasteiger charge is -2.19. The van der Waals surface area contributed by atoms with Crippen LogP contribution in [0.4, 0.5) is 4.39 Å². The molecule has 0 bridgehead atoms. The first-order chi connectivity index (χ1) is 16.4. The van der Waals surface area contributed by atoms with Gasteiger partial charge in [0.15, 0.2) is 11.6 Å². The molecule has 2 N–H and O–H groups in total. The third-order valence-electron chi connectivity index (χ3n) is 5.86. The highest BCUT2D eigenvalue weighted by Crippen LogP contribution is 2.31. The van der Waals surface area contributed by atoms with Gasteiger partial charge in [0, 0.05) is 23.0 Å². The zero-order valence-electron chi connectivity index (χ0n) is 19.0. The SMILES string of the molecule is COc1cccc(-c2c(C)c(Cc3ccccc3Cl)nn(CC(N)c3ccccc3)c2=O)c1F. The molecule has 1 heterocycles. The molecule has 0 spiro atoms. The molecule has 0 aliphatic rings. The third-order valence-corrected chi connectivity index (χ3v) is 6.23. The molecule has 1 aromatic heterocycles. The van der Waals surface area contributed by atoms with Gasteiger partial charge in [-0.05, 0) is 35.7 Å². The Kier molecular flexibility index (Phi) is 7.10. The Morgan fingerprint density at radius 1 is 1.06 bits per heavy atom. The van der Waals surface area contributed by atoms with Crippen LogP contribution in [0.5, 0.6) is 5.75 Å². The van der Waals surface area contributed by atoms with Crippen molar-refractivity contribution in [1.82, 2.24) is 9.78 Å². The number of nitrogens with two attached hydrogens (primary N) is 1. The van der Waals surface area contributed by atoms with Crippen molar-refractivity contribution in [3.8, 4) is 16.9 Å². The maximum atomic E-state index is 15.3. The van der Waals surface area contributed by atoms with Crippen molar-refractivity contribution in [2.24, 2.45) is 5.73 Å². The molecule has 7 heteroatoms. The van der Waals surface area contributed by atoms with E-state index in [0.717, 1.165) is 11.1 Å². The van der Waals surface area contributed by atoms with E-state index in [9.17, 15) is 4.79 Å². The predicted octanol–water partition coefficient (Wildman–Crippen LogP) is 5.31. The summed E-state index contributed by atoms with van der Waals surface area (Å²) in [6.45, 7) is 1.91. The summed E-state index contributed by atoms with van der Waals surface area (Å²) in [6, 6.07) is 21.2. The molecule has 1 unspecified atom stereocenters. The molecule has 0 saturated carbocycles. The van der Waals surface area contributed by atoms with Gasteiger partial charge in [0.05, 0.1) is 24.9 Å². The van der Waals surface area contributed by atoms with Crippen LogP contribution in [0, 0.1) is 12.7 Å². The van der Waals surface area contributed by atoms with Crippen molar-refractivity contribution in [2.45, 2.75) is 25.9 Å². The number of nitrogens with zero attached hydrogens (tertiary/aromatic N) is 2. The summed E-state index contributed by atoms with van der Waals surface area (Å²) < 4.78 is 21.7. The van der Waals surface area contributed by atoms with Crippen LogP contribution in [0.15, 0.2) is 77.6 Å². The first-order valence-electron chi connectivity index (χ1n) is 10.9. The number of hydrogen-bond acceptors (Lipinski definition) is 4. The summed E-state index contributed by atoms with van der Waals surface area (Å²) >= 11 is 6.39. The van der Waals surface area contributed by atoms with E-state index in [-0.39, 0.29) is 23.4 Å². The van der Waals surface area contributed by atoms with E-state index in [4.69, 9.17) is 22.1 Å². The lowest BCUT2D eigenvalue weighted by molar-refractivity contribution is 0.387.